The van der Waals surface area contributed by atoms with Crippen LogP contribution in [0.3, 0.4) is 0 Å². The second kappa shape index (κ2) is 6.51. The van der Waals surface area contributed by atoms with Gasteiger partial charge in [-0.3, -0.25) is 0 Å². The Morgan fingerprint density at radius 1 is 1.10 bits per heavy atom. The Morgan fingerprint density at radius 3 is 2.76 bits per heavy atom. The van der Waals surface area contributed by atoms with Crippen LogP contribution in [0.25, 0.3) is 11.4 Å². The van der Waals surface area contributed by atoms with Crippen LogP contribution in [-0.2, 0) is 4.74 Å². The smallest absolute Gasteiger partial charge is 0.163 e. The van der Waals surface area contributed by atoms with Crippen LogP contribution in [0.15, 0.2) is 36.4 Å². The Bertz CT molecular complexity index is 582. The van der Waals surface area contributed by atoms with Crippen molar-refractivity contribution in [1.82, 2.24) is 9.97 Å². The number of rotatable bonds is 3. The lowest BCUT2D eigenvalue weighted by Crippen LogP contribution is -2.27. The van der Waals surface area contributed by atoms with Crippen LogP contribution in [0.2, 0.25) is 0 Å². The normalized spacial score (nSPS) is 15.6. The highest BCUT2D eigenvalue weighted by molar-refractivity contribution is 5.61. The second-order valence-corrected chi connectivity index (χ2v) is 4.90. The van der Waals surface area contributed by atoms with E-state index in [2.05, 4.69) is 20.3 Å². The van der Waals surface area contributed by atoms with Crippen molar-refractivity contribution in [2.24, 2.45) is 5.84 Å². The maximum atomic E-state index is 5.54. The molecule has 0 saturated carbocycles. The number of nitrogens with zero attached hydrogens (tertiary/aromatic N) is 3. The Hall–Kier alpha value is -2.18. The van der Waals surface area contributed by atoms with Gasteiger partial charge < -0.3 is 15.1 Å². The minimum Gasteiger partial charge on any atom is -0.380 e. The van der Waals surface area contributed by atoms with Crippen molar-refractivity contribution >= 4 is 11.6 Å². The van der Waals surface area contributed by atoms with E-state index in [4.69, 9.17) is 10.6 Å². The average Bonchev–Trinajstić information content (AvgIpc) is 2.84. The fourth-order valence-electron chi connectivity index (χ4n) is 2.36. The quantitative estimate of drug-likeness (QED) is 0.660. The topological polar surface area (TPSA) is 76.3 Å². The zero-order valence-corrected chi connectivity index (χ0v) is 11.8. The van der Waals surface area contributed by atoms with Crippen molar-refractivity contribution in [3.8, 4) is 11.4 Å². The predicted molar refractivity (Wildman–Crippen MR) is 82.9 cm³/mol. The Kier molecular flexibility index (Phi) is 4.28. The molecule has 6 heteroatoms. The summed E-state index contributed by atoms with van der Waals surface area (Å²) in [4.78, 5) is 11.3. The molecule has 0 spiro atoms. The number of aromatic nitrogens is 2. The van der Waals surface area contributed by atoms with E-state index in [1.54, 1.807) is 0 Å². The third-order valence-electron chi connectivity index (χ3n) is 3.44. The maximum absolute atomic E-state index is 5.54. The van der Waals surface area contributed by atoms with E-state index in [1.807, 2.05) is 36.4 Å². The molecule has 3 N–H and O–H groups in total. The van der Waals surface area contributed by atoms with Gasteiger partial charge in [0.2, 0.25) is 0 Å². The van der Waals surface area contributed by atoms with E-state index in [0.717, 1.165) is 44.1 Å². The van der Waals surface area contributed by atoms with Crippen LogP contribution < -0.4 is 16.2 Å². The second-order valence-electron chi connectivity index (χ2n) is 4.90. The molecule has 1 fully saturated rings. The first-order chi connectivity index (χ1) is 10.4. The number of hydrogen-bond acceptors (Lipinski definition) is 6. The number of anilines is 2. The molecule has 1 aliphatic heterocycles. The lowest BCUT2D eigenvalue weighted by molar-refractivity contribution is 0.152. The Morgan fingerprint density at radius 2 is 1.95 bits per heavy atom. The summed E-state index contributed by atoms with van der Waals surface area (Å²) in [6, 6.07) is 11.8. The van der Waals surface area contributed by atoms with Gasteiger partial charge in [-0.1, -0.05) is 30.3 Å². The standard InChI is InChI=1S/C15H19N5O/c16-19-13-11-14(20-7-4-9-21-10-8-20)18-15(17-13)12-5-2-1-3-6-12/h1-3,5-6,11H,4,7-10,16H2,(H,17,18,19). The van der Waals surface area contributed by atoms with Gasteiger partial charge in [-0.25, -0.2) is 15.8 Å². The molecule has 0 bridgehead atoms. The molecule has 0 unspecified atom stereocenters. The first-order valence-corrected chi connectivity index (χ1v) is 7.10. The van der Waals surface area contributed by atoms with Crippen LogP contribution >= 0.6 is 0 Å². The van der Waals surface area contributed by atoms with Gasteiger partial charge in [0.15, 0.2) is 5.82 Å². The van der Waals surface area contributed by atoms with Crippen molar-refractivity contribution in [3.05, 3.63) is 36.4 Å². The molecule has 0 atom stereocenters. The number of hydrazine groups is 1. The van der Waals surface area contributed by atoms with E-state index >= 15 is 0 Å². The summed E-state index contributed by atoms with van der Waals surface area (Å²) < 4.78 is 5.49. The maximum Gasteiger partial charge on any atom is 0.163 e. The molecular weight excluding hydrogens is 266 g/mol. The van der Waals surface area contributed by atoms with E-state index < -0.39 is 0 Å². The lowest BCUT2D eigenvalue weighted by Gasteiger charge is -2.21. The number of ether oxygens (including phenoxy) is 1. The first kappa shape index (κ1) is 13.8. The number of benzene rings is 1. The fraction of sp³-hybridized carbons (Fsp3) is 0.333. The third-order valence-corrected chi connectivity index (χ3v) is 3.44. The molecule has 0 aliphatic carbocycles. The zero-order valence-electron chi connectivity index (χ0n) is 11.8. The van der Waals surface area contributed by atoms with Gasteiger partial charge in [0.25, 0.3) is 0 Å². The van der Waals surface area contributed by atoms with E-state index in [1.165, 1.54) is 0 Å². The van der Waals surface area contributed by atoms with Gasteiger partial charge in [0.05, 0.1) is 6.61 Å². The highest BCUT2D eigenvalue weighted by Crippen LogP contribution is 2.22. The fourth-order valence-corrected chi connectivity index (χ4v) is 2.36. The molecular formula is C15H19N5O. The minimum atomic E-state index is 0.615. The van der Waals surface area contributed by atoms with Gasteiger partial charge in [-0.15, -0.1) is 0 Å². The molecule has 6 nitrogen and oxygen atoms in total. The highest BCUT2D eigenvalue weighted by atomic mass is 16.5. The van der Waals surface area contributed by atoms with Crippen molar-refractivity contribution < 1.29 is 4.74 Å². The molecule has 110 valence electrons. The average molecular weight is 285 g/mol. The first-order valence-electron chi connectivity index (χ1n) is 7.10. The summed E-state index contributed by atoms with van der Waals surface area (Å²) in [5.41, 5.74) is 3.60. The van der Waals surface area contributed by atoms with Crippen LogP contribution in [0.1, 0.15) is 6.42 Å². The number of nitrogens with one attached hydrogen (secondary N) is 1. The van der Waals surface area contributed by atoms with Gasteiger partial charge in [-0.2, -0.15) is 0 Å². The van der Waals surface area contributed by atoms with Crippen molar-refractivity contribution in [2.75, 3.05) is 36.6 Å². The molecule has 1 aromatic heterocycles. The highest BCUT2D eigenvalue weighted by Gasteiger charge is 2.14. The summed E-state index contributed by atoms with van der Waals surface area (Å²) in [7, 11) is 0. The van der Waals surface area contributed by atoms with Crippen LogP contribution in [0, 0.1) is 0 Å². The molecule has 1 aromatic carbocycles. The van der Waals surface area contributed by atoms with Crippen LogP contribution in [0.4, 0.5) is 11.6 Å². The summed E-state index contributed by atoms with van der Waals surface area (Å²) in [5.74, 6) is 7.71. The number of nitrogens with two attached hydrogens (primary N) is 1. The summed E-state index contributed by atoms with van der Waals surface area (Å²) in [6.45, 7) is 3.27. The van der Waals surface area contributed by atoms with Crippen molar-refractivity contribution in [3.63, 3.8) is 0 Å². The van der Waals surface area contributed by atoms with Crippen molar-refractivity contribution in [2.45, 2.75) is 6.42 Å². The van der Waals surface area contributed by atoms with E-state index in [9.17, 15) is 0 Å². The van der Waals surface area contributed by atoms with Gasteiger partial charge in [-0.05, 0) is 6.42 Å². The van der Waals surface area contributed by atoms with Gasteiger partial charge >= 0.3 is 0 Å². The summed E-state index contributed by atoms with van der Waals surface area (Å²) >= 11 is 0. The molecule has 1 saturated heterocycles. The predicted octanol–water partition coefficient (Wildman–Crippen LogP) is 1.66. The SMILES string of the molecule is NNc1cc(N2CCCOCC2)nc(-c2ccccc2)n1. The van der Waals surface area contributed by atoms with Crippen molar-refractivity contribution in [1.29, 1.82) is 0 Å². The van der Waals surface area contributed by atoms with Crippen LogP contribution in [0.5, 0.6) is 0 Å². The molecule has 1 aliphatic rings. The Balaban J connectivity index is 1.96. The molecule has 21 heavy (non-hydrogen) atoms. The molecule has 3 rings (SSSR count). The molecule has 0 radical (unpaired) electrons. The third kappa shape index (κ3) is 3.29. The van der Waals surface area contributed by atoms with E-state index in [-0.39, 0.29) is 0 Å². The summed E-state index contributed by atoms with van der Waals surface area (Å²) in [6.07, 6.45) is 0.996. The van der Waals surface area contributed by atoms with Crippen LogP contribution in [-0.4, -0.2) is 36.3 Å². The zero-order chi connectivity index (χ0) is 14.5. The van der Waals surface area contributed by atoms with Gasteiger partial charge in [0.1, 0.15) is 11.6 Å². The molecule has 2 aromatic rings. The molecule has 2 heterocycles. The lowest BCUT2D eigenvalue weighted by atomic mass is 10.2. The monoisotopic (exact) mass is 285 g/mol. The van der Waals surface area contributed by atoms with Gasteiger partial charge in [0, 0.05) is 31.3 Å². The number of nitrogen functional groups attached to an aromatic ring is 1. The van der Waals surface area contributed by atoms with E-state index in [0.29, 0.717) is 11.6 Å². The summed E-state index contributed by atoms with van der Waals surface area (Å²) in [5, 5.41) is 0. The minimum absolute atomic E-state index is 0.615. The molecule has 0 amide bonds. The Labute approximate surface area is 123 Å². The number of hydrogen-bond donors (Lipinski definition) is 2. The largest absolute Gasteiger partial charge is 0.380 e.